The van der Waals surface area contributed by atoms with Crippen molar-refractivity contribution in [2.45, 2.75) is 5.03 Å². The van der Waals surface area contributed by atoms with Crippen LogP contribution in [0.2, 0.25) is 5.15 Å². The van der Waals surface area contributed by atoms with Crippen molar-refractivity contribution in [1.29, 1.82) is 0 Å². The van der Waals surface area contributed by atoms with E-state index in [1.165, 1.54) is 6.07 Å². The lowest BCUT2D eigenvalue weighted by molar-refractivity contribution is 0.479. The Hall–Kier alpha value is -0.170. The topological polar surface area (TPSA) is 67.3 Å². The molecule has 0 atom stereocenters. The Labute approximate surface area is 82.5 Å². The third-order valence-electron chi connectivity index (χ3n) is 1.04. The summed E-state index contributed by atoms with van der Waals surface area (Å²) in [5, 5.41) is -0.471. The molecule has 0 bridgehead atoms. The van der Waals surface area contributed by atoms with E-state index in [-0.39, 0.29) is 5.15 Å². The highest BCUT2D eigenvalue weighted by atomic mass is 79.9. The summed E-state index contributed by atoms with van der Waals surface area (Å²) in [5.74, 6) is 0. The lowest BCUT2D eigenvalue weighted by Gasteiger charge is -1.97. The van der Waals surface area contributed by atoms with Crippen molar-refractivity contribution in [1.82, 2.24) is 4.98 Å². The Bertz CT molecular complexity index is 405. The molecule has 1 aromatic heterocycles. The third-order valence-corrected chi connectivity index (χ3v) is 2.95. The minimum atomic E-state index is -4.26. The molecule has 0 aliphatic rings. The zero-order valence-corrected chi connectivity index (χ0v) is 8.69. The fourth-order valence-electron chi connectivity index (χ4n) is 0.544. The molecule has 0 unspecified atom stereocenters. The SMILES string of the molecule is O=S(=O)(O)c1ccc(Br)c(Cl)n1. The molecule has 1 aromatic rings. The van der Waals surface area contributed by atoms with Crippen LogP contribution in [0.1, 0.15) is 0 Å². The molecule has 0 spiro atoms. The van der Waals surface area contributed by atoms with Gasteiger partial charge in [0.2, 0.25) is 0 Å². The van der Waals surface area contributed by atoms with E-state index in [1.807, 2.05) is 0 Å². The Balaban J connectivity index is 3.33. The van der Waals surface area contributed by atoms with E-state index < -0.39 is 15.1 Å². The van der Waals surface area contributed by atoms with Crippen LogP contribution in [-0.4, -0.2) is 18.0 Å². The minimum Gasteiger partial charge on any atom is -0.281 e. The van der Waals surface area contributed by atoms with Crippen LogP contribution < -0.4 is 0 Å². The van der Waals surface area contributed by atoms with Gasteiger partial charge in [-0.15, -0.1) is 0 Å². The highest BCUT2D eigenvalue weighted by molar-refractivity contribution is 9.10. The molecule has 0 aliphatic carbocycles. The van der Waals surface area contributed by atoms with Crippen LogP contribution in [0, 0.1) is 0 Å². The number of rotatable bonds is 1. The highest BCUT2D eigenvalue weighted by Gasteiger charge is 2.12. The fourth-order valence-corrected chi connectivity index (χ4v) is 1.42. The zero-order valence-electron chi connectivity index (χ0n) is 5.53. The van der Waals surface area contributed by atoms with Crippen molar-refractivity contribution >= 4 is 37.6 Å². The van der Waals surface area contributed by atoms with Gasteiger partial charge >= 0.3 is 10.1 Å². The molecular formula is C5H3BrClNO3S. The predicted octanol–water partition coefficient (Wildman–Crippen LogP) is 1.74. The Morgan fingerprint density at radius 2 is 2.08 bits per heavy atom. The highest BCUT2D eigenvalue weighted by Crippen LogP contribution is 2.21. The van der Waals surface area contributed by atoms with E-state index in [4.69, 9.17) is 16.2 Å². The Morgan fingerprint density at radius 1 is 1.50 bits per heavy atom. The van der Waals surface area contributed by atoms with Crippen molar-refractivity contribution in [3.63, 3.8) is 0 Å². The fraction of sp³-hybridized carbons (Fsp3) is 0. The first kappa shape index (κ1) is 9.91. The maximum atomic E-state index is 10.5. The summed E-state index contributed by atoms with van der Waals surface area (Å²) in [5.41, 5.74) is 0. The van der Waals surface area contributed by atoms with Crippen LogP contribution in [0.5, 0.6) is 0 Å². The Morgan fingerprint density at radius 3 is 2.50 bits per heavy atom. The average Bonchev–Trinajstić information content (AvgIpc) is 1.92. The van der Waals surface area contributed by atoms with E-state index in [0.29, 0.717) is 4.47 Å². The van der Waals surface area contributed by atoms with Crippen molar-refractivity contribution in [2.24, 2.45) is 0 Å². The summed E-state index contributed by atoms with van der Waals surface area (Å²) in [7, 11) is -4.26. The third kappa shape index (κ3) is 2.16. The van der Waals surface area contributed by atoms with Gasteiger partial charge in [-0.3, -0.25) is 4.55 Å². The quantitative estimate of drug-likeness (QED) is 0.625. The zero-order chi connectivity index (χ0) is 9.35. The summed E-state index contributed by atoms with van der Waals surface area (Å²) >= 11 is 8.51. The second-order valence-electron chi connectivity index (χ2n) is 1.90. The predicted molar refractivity (Wildman–Crippen MR) is 46.8 cm³/mol. The smallest absolute Gasteiger partial charge is 0.281 e. The van der Waals surface area contributed by atoms with Crippen LogP contribution in [0.4, 0.5) is 0 Å². The van der Waals surface area contributed by atoms with Crippen molar-refractivity contribution in [3.8, 4) is 0 Å². The molecule has 66 valence electrons. The number of hydrogen-bond donors (Lipinski definition) is 1. The average molecular weight is 273 g/mol. The molecule has 1 heterocycles. The van der Waals surface area contributed by atoms with Gasteiger partial charge in [-0.25, -0.2) is 4.98 Å². The molecular weight excluding hydrogens is 269 g/mol. The second kappa shape index (κ2) is 3.29. The van der Waals surface area contributed by atoms with E-state index in [2.05, 4.69) is 20.9 Å². The van der Waals surface area contributed by atoms with Gasteiger partial charge in [0.1, 0.15) is 5.15 Å². The van der Waals surface area contributed by atoms with Gasteiger partial charge < -0.3 is 0 Å². The summed E-state index contributed by atoms with van der Waals surface area (Å²) in [4.78, 5) is 3.42. The molecule has 7 heteroatoms. The van der Waals surface area contributed by atoms with Gasteiger partial charge in [0, 0.05) is 0 Å². The van der Waals surface area contributed by atoms with E-state index >= 15 is 0 Å². The standard InChI is InChI=1S/C5H3BrClNO3S/c6-3-1-2-4(8-5(3)7)12(9,10)11/h1-2H,(H,9,10,11). The van der Waals surface area contributed by atoms with Crippen molar-refractivity contribution in [2.75, 3.05) is 0 Å². The van der Waals surface area contributed by atoms with Crippen LogP contribution in [-0.2, 0) is 10.1 Å². The van der Waals surface area contributed by atoms with Gasteiger partial charge in [-0.05, 0) is 28.1 Å². The molecule has 0 aliphatic heterocycles. The molecule has 0 saturated carbocycles. The molecule has 1 N–H and O–H groups in total. The first-order valence-electron chi connectivity index (χ1n) is 2.71. The largest absolute Gasteiger partial charge is 0.312 e. The second-order valence-corrected chi connectivity index (χ2v) is 4.48. The first-order chi connectivity index (χ1) is 5.41. The molecule has 0 saturated heterocycles. The van der Waals surface area contributed by atoms with Gasteiger partial charge in [-0.2, -0.15) is 8.42 Å². The van der Waals surface area contributed by atoms with Crippen LogP contribution in [0.25, 0.3) is 0 Å². The summed E-state index contributed by atoms with van der Waals surface area (Å²) in [6, 6.07) is 2.53. The maximum absolute atomic E-state index is 10.5. The molecule has 0 aromatic carbocycles. The van der Waals surface area contributed by atoms with E-state index in [9.17, 15) is 8.42 Å². The van der Waals surface area contributed by atoms with Crippen molar-refractivity contribution < 1.29 is 13.0 Å². The molecule has 1 rings (SSSR count). The number of hydrogen-bond acceptors (Lipinski definition) is 3. The lowest BCUT2D eigenvalue weighted by atomic mass is 10.5. The number of nitrogens with zero attached hydrogens (tertiary/aromatic N) is 1. The van der Waals surface area contributed by atoms with Gasteiger partial charge in [0.25, 0.3) is 0 Å². The number of aromatic nitrogens is 1. The summed E-state index contributed by atoms with van der Waals surface area (Å²) < 4.78 is 30.0. The van der Waals surface area contributed by atoms with E-state index in [0.717, 1.165) is 6.07 Å². The molecule has 12 heavy (non-hydrogen) atoms. The van der Waals surface area contributed by atoms with Gasteiger partial charge in [0.15, 0.2) is 5.03 Å². The summed E-state index contributed by atoms with van der Waals surface area (Å²) in [6.07, 6.45) is 0. The minimum absolute atomic E-state index is 0.00914. The van der Waals surface area contributed by atoms with Crippen LogP contribution >= 0.6 is 27.5 Å². The monoisotopic (exact) mass is 271 g/mol. The lowest BCUT2D eigenvalue weighted by Crippen LogP contribution is -2.00. The van der Waals surface area contributed by atoms with Gasteiger partial charge in [0.05, 0.1) is 4.47 Å². The van der Waals surface area contributed by atoms with Crippen molar-refractivity contribution in [3.05, 3.63) is 21.8 Å². The molecule has 0 radical (unpaired) electrons. The van der Waals surface area contributed by atoms with Crippen LogP contribution in [0.15, 0.2) is 21.6 Å². The summed E-state index contributed by atoms with van der Waals surface area (Å²) in [6.45, 7) is 0. The van der Waals surface area contributed by atoms with Crippen LogP contribution in [0.3, 0.4) is 0 Å². The maximum Gasteiger partial charge on any atom is 0.312 e. The molecule has 0 fully saturated rings. The normalized spacial score (nSPS) is 11.6. The van der Waals surface area contributed by atoms with Gasteiger partial charge in [-0.1, -0.05) is 11.6 Å². The molecule has 0 amide bonds. The molecule has 4 nitrogen and oxygen atoms in total. The Kier molecular flexibility index (Phi) is 2.72. The number of halogens is 2. The first-order valence-corrected chi connectivity index (χ1v) is 5.32. The van der Waals surface area contributed by atoms with E-state index in [1.54, 1.807) is 0 Å². The number of pyridine rings is 1.